The molecule has 0 aliphatic carbocycles. The minimum absolute atomic E-state index is 0.0417. The lowest BCUT2D eigenvalue weighted by Gasteiger charge is -2.09. The van der Waals surface area contributed by atoms with Crippen LogP contribution >= 0.6 is 11.6 Å². The fourth-order valence-electron chi connectivity index (χ4n) is 2.29. The molecule has 7 heteroatoms. The largest absolute Gasteiger partial charge is 0.508 e. The maximum absolute atomic E-state index is 13.2. The molecule has 0 saturated heterocycles. The van der Waals surface area contributed by atoms with Gasteiger partial charge in [0.15, 0.2) is 0 Å². The predicted octanol–water partition coefficient (Wildman–Crippen LogP) is 4.37. The summed E-state index contributed by atoms with van der Waals surface area (Å²) in [7, 11) is 0. The first-order valence-electron chi connectivity index (χ1n) is 7.67. The van der Waals surface area contributed by atoms with E-state index in [0.29, 0.717) is 30.3 Å². The van der Waals surface area contributed by atoms with E-state index in [9.17, 15) is 9.50 Å². The molecule has 3 rings (SSSR count). The number of benzene rings is 2. The first kappa shape index (κ1) is 17.0. The number of anilines is 3. The molecule has 0 atom stereocenters. The zero-order valence-electron chi connectivity index (χ0n) is 13.2. The maximum Gasteiger partial charge on any atom is 0.141 e. The normalized spacial score (nSPS) is 10.5. The van der Waals surface area contributed by atoms with Gasteiger partial charge in [-0.3, -0.25) is 0 Å². The second-order valence-corrected chi connectivity index (χ2v) is 5.76. The van der Waals surface area contributed by atoms with Gasteiger partial charge in [-0.15, -0.1) is 0 Å². The zero-order chi connectivity index (χ0) is 17.6. The molecule has 0 saturated carbocycles. The van der Waals surface area contributed by atoms with Gasteiger partial charge in [-0.1, -0.05) is 29.8 Å². The van der Waals surface area contributed by atoms with E-state index in [0.717, 1.165) is 5.56 Å². The van der Waals surface area contributed by atoms with Gasteiger partial charge in [-0.25, -0.2) is 14.4 Å². The number of nitrogens with one attached hydrogen (secondary N) is 2. The molecule has 1 aromatic heterocycles. The average Bonchev–Trinajstić information content (AvgIpc) is 2.60. The van der Waals surface area contributed by atoms with Gasteiger partial charge in [-0.2, -0.15) is 0 Å². The van der Waals surface area contributed by atoms with Crippen molar-refractivity contribution in [3.63, 3.8) is 0 Å². The van der Waals surface area contributed by atoms with E-state index in [1.54, 1.807) is 24.3 Å². The Hall–Kier alpha value is -2.86. The number of phenolic OH excluding ortho intramolecular Hbond substituents is 1. The number of rotatable bonds is 6. The molecule has 0 fully saturated rings. The van der Waals surface area contributed by atoms with Crippen LogP contribution in [0.15, 0.2) is 54.9 Å². The molecule has 0 bridgehead atoms. The van der Waals surface area contributed by atoms with Crippen molar-refractivity contribution in [1.29, 1.82) is 0 Å². The Bertz CT molecular complexity index is 875. The van der Waals surface area contributed by atoms with Crippen molar-refractivity contribution in [3.8, 4) is 5.75 Å². The van der Waals surface area contributed by atoms with E-state index >= 15 is 0 Å². The van der Waals surface area contributed by atoms with Crippen molar-refractivity contribution in [1.82, 2.24) is 9.97 Å². The second kappa shape index (κ2) is 7.81. The molecule has 0 spiro atoms. The third-order valence-electron chi connectivity index (χ3n) is 3.55. The molecule has 0 aliphatic rings. The lowest BCUT2D eigenvalue weighted by Crippen LogP contribution is -2.07. The van der Waals surface area contributed by atoms with Crippen LogP contribution in [-0.2, 0) is 6.42 Å². The lowest BCUT2D eigenvalue weighted by molar-refractivity contribution is 0.468. The third kappa shape index (κ3) is 4.58. The van der Waals surface area contributed by atoms with Crippen LogP contribution in [0.5, 0.6) is 5.75 Å². The smallest absolute Gasteiger partial charge is 0.141 e. The molecular formula is C18H16ClFN4O. The van der Waals surface area contributed by atoms with Crippen LogP contribution in [0, 0.1) is 5.82 Å². The van der Waals surface area contributed by atoms with Gasteiger partial charge in [0.2, 0.25) is 0 Å². The van der Waals surface area contributed by atoms with E-state index < -0.39 is 5.82 Å². The first-order chi connectivity index (χ1) is 12.1. The van der Waals surface area contributed by atoms with Crippen molar-refractivity contribution in [2.45, 2.75) is 6.42 Å². The number of nitrogens with zero attached hydrogens (tertiary/aromatic N) is 2. The zero-order valence-corrected chi connectivity index (χ0v) is 14.0. The maximum atomic E-state index is 13.2. The third-order valence-corrected chi connectivity index (χ3v) is 3.84. The summed E-state index contributed by atoms with van der Waals surface area (Å²) >= 11 is 5.77. The Kier molecular flexibility index (Phi) is 5.30. The van der Waals surface area contributed by atoms with Crippen molar-refractivity contribution < 1.29 is 9.50 Å². The molecule has 25 heavy (non-hydrogen) atoms. The number of para-hydroxylation sites is 1. The fourth-order valence-corrected chi connectivity index (χ4v) is 2.47. The minimum atomic E-state index is -0.471. The Morgan fingerprint density at radius 1 is 1.04 bits per heavy atom. The highest BCUT2D eigenvalue weighted by molar-refractivity contribution is 6.31. The van der Waals surface area contributed by atoms with Crippen LogP contribution < -0.4 is 10.6 Å². The van der Waals surface area contributed by atoms with E-state index in [-0.39, 0.29) is 10.8 Å². The van der Waals surface area contributed by atoms with Crippen molar-refractivity contribution in [3.05, 3.63) is 71.3 Å². The van der Waals surface area contributed by atoms with Crippen LogP contribution in [-0.4, -0.2) is 21.6 Å². The van der Waals surface area contributed by atoms with Crippen molar-refractivity contribution in [2.24, 2.45) is 0 Å². The average molecular weight is 359 g/mol. The van der Waals surface area contributed by atoms with Gasteiger partial charge >= 0.3 is 0 Å². The SMILES string of the molecule is Oc1ccccc1CCNc1cc(Nc2ccc(F)c(Cl)c2)ncn1. The molecule has 0 aliphatic heterocycles. The van der Waals surface area contributed by atoms with Gasteiger partial charge in [-0.05, 0) is 36.2 Å². The number of aromatic nitrogens is 2. The summed E-state index contributed by atoms with van der Waals surface area (Å²) in [6.45, 7) is 0.608. The fraction of sp³-hybridized carbons (Fsp3) is 0.111. The summed E-state index contributed by atoms with van der Waals surface area (Å²) in [6, 6.07) is 13.3. The van der Waals surface area contributed by atoms with Gasteiger partial charge < -0.3 is 15.7 Å². The minimum Gasteiger partial charge on any atom is -0.508 e. The monoisotopic (exact) mass is 358 g/mol. The Labute approximate surface area is 149 Å². The molecule has 5 nitrogen and oxygen atoms in total. The molecule has 128 valence electrons. The molecule has 0 unspecified atom stereocenters. The lowest BCUT2D eigenvalue weighted by atomic mass is 10.1. The quantitative estimate of drug-likeness (QED) is 0.610. The van der Waals surface area contributed by atoms with Gasteiger partial charge in [0.05, 0.1) is 5.02 Å². The summed E-state index contributed by atoms with van der Waals surface area (Å²) in [5.41, 5.74) is 1.49. The highest BCUT2D eigenvalue weighted by Gasteiger charge is 2.04. The Balaban J connectivity index is 1.61. The summed E-state index contributed by atoms with van der Waals surface area (Å²) in [4.78, 5) is 8.28. The van der Waals surface area contributed by atoms with Crippen LogP contribution in [0.4, 0.5) is 21.7 Å². The molecule has 0 amide bonds. The predicted molar refractivity (Wildman–Crippen MR) is 97.0 cm³/mol. The van der Waals surface area contributed by atoms with Crippen LogP contribution in [0.2, 0.25) is 5.02 Å². The molecule has 0 radical (unpaired) electrons. The summed E-state index contributed by atoms with van der Waals surface area (Å²) in [5, 5.41) is 16.0. The van der Waals surface area contributed by atoms with E-state index in [1.807, 2.05) is 12.1 Å². The molecule has 3 aromatic rings. The summed E-state index contributed by atoms with van der Waals surface area (Å²) < 4.78 is 13.2. The molecule has 3 N–H and O–H groups in total. The van der Waals surface area contributed by atoms with E-state index in [2.05, 4.69) is 20.6 Å². The number of hydrogen-bond acceptors (Lipinski definition) is 5. The molecule has 1 heterocycles. The summed E-state index contributed by atoms with van der Waals surface area (Å²) in [5.74, 6) is 1.01. The van der Waals surface area contributed by atoms with Crippen LogP contribution in [0.1, 0.15) is 5.56 Å². The standard InChI is InChI=1S/C18H16ClFN4O/c19-14-9-13(5-6-15(14)20)24-18-10-17(22-11-23-18)21-8-7-12-3-1-2-4-16(12)25/h1-6,9-11,25H,7-8H2,(H2,21,22,23,24). The van der Waals surface area contributed by atoms with Gasteiger partial charge in [0, 0.05) is 18.3 Å². The van der Waals surface area contributed by atoms with Gasteiger partial charge in [0.25, 0.3) is 0 Å². The van der Waals surface area contributed by atoms with Crippen LogP contribution in [0.3, 0.4) is 0 Å². The highest BCUT2D eigenvalue weighted by atomic mass is 35.5. The van der Waals surface area contributed by atoms with Crippen molar-refractivity contribution in [2.75, 3.05) is 17.2 Å². The number of aromatic hydroxyl groups is 1. The second-order valence-electron chi connectivity index (χ2n) is 5.35. The van der Waals surface area contributed by atoms with E-state index in [4.69, 9.17) is 11.6 Å². The Morgan fingerprint density at radius 3 is 2.64 bits per heavy atom. The van der Waals surface area contributed by atoms with E-state index in [1.165, 1.54) is 18.5 Å². The highest BCUT2D eigenvalue weighted by Crippen LogP contribution is 2.22. The van der Waals surface area contributed by atoms with Crippen molar-refractivity contribution >= 4 is 28.9 Å². The molecular weight excluding hydrogens is 343 g/mol. The Morgan fingerprint density at radius 2 is 1.84 bits per heavy atom. The summed E-state index contributed by atoms with van der Waals surface area (Å²) in [6.07, 6.45) is 2.09. The number of hydrogen-bond donors (Lipinski definition) is 3. The number of halogens is 2. The first-order valence-corrected chi connectivity index (χ1v) is 8.04. The topological polar surface area (TPSA) is 70.1 Å². The van der Waals surface area contributed by atoms with Gasteiger partial charge in [0.1, 0.15) is 29.5 Å². The molecule has 2 aromatic carbocycles. The number of phenols is 1. The van der Waals surface area contributed by atoms with Crippen LogP contribution in [0.25, 0.3) is 0 Å².